The number of rotatable bonds is 3. The first-order chi connectivity index (χ1) is 14.0. The molecule has 0 atom stereocenters. The molecule has 0 N–H and O–H groups in total. The van der Waals surface area contributed by atoms with E-state index < -0.39 is 17.5 Å². The number of hydrogen-bond donors (Lipinski definition) is 0. The highest BCUT2D eigenvalue weighted by atomic mass is 19.1. The van der Waals surface area contributed by atoms with E-state index in [9.17, 15) is 13.2 Å². The summed E-state index contributed by atoms with van der Waals surface area (Å²) in [4.78, 5) is 0. The van der Waals surface area contributed by atoms with Crippen LogP contribution in [0.25, 0.3) is 5.57 Å². The Morgan fingerprint density at radius 1 is 1.03 bits per heavy atom. The van der Waals surface area contributed by atoms with Gasteiger partial charge in [0.05, 0.1) is 5.56 Å². The summed E-state index contributed by atoms with van der Waals surface area (Å²) in [6, 6.07) is 7.93. The summed E-state index contributed by atoms with van der Waals surface area (Å²) in [6.45, 7) is 2.20. The van der Waals surface area contributed by atoms with Gasteiger partial charge in [0.15, 0.2) is 0 Å². The van der Waals surface area contributed by atoms with Gasteiger partial charge in [-0.25, -0.2) is 13.2 Å². The molecule has 29 heavy (non-hydrogen) atoms. The van der Waals surface area contributed by atoms with Crippen molar-refractivity contribution >= 4 is 5.57 Å². The van der Waals surface area contributed by atoms with Crippen molar-refractivity contribution in [3.63, 3.8) is 0 Å². The minimum atomic E-state index is -0.540. The average Bonchev–Trinajstić information content (AvgIpc) is 2.73. The van der Waals surface area contributed by atoms with Crippen LogP contribution < -0.4 is 0 Å². The Morgan fingerprint density at radius 2 is 1.72 bits per heavy atom. The number of hydrogen-bond acceptors (Lipinski definition) is 1. The minimum absolute atomic E-state index is 0.000100. The summed E-state index contributed by atoms with van der Waals surface area (Å²) in [6.07, 6.45) is 7.52. The maximum absolute atomic E-state index is 15.0. The van der Waals surface area contributed by atoms with Crippen LogP contribution in [0.3, 0.4) is 0 Å². The van der Waals surface area contributed by atoms with Crippen LogP contribution in [0.15, 0.2) is 30.3 Å². The second-order valence-corrected chi connectivity index (χ2v) is 8.27. The van der Waals surface area contributed by atoms with Gasteiger partial charge in [0, 0.05) is 5.56 Å². The highest BCUT2D eigenvalue weighted by molar-refractivity contribution is 5.72. The highest BCUT2D eigenvalue weighted by Gasteiger charge is 2.26. The number of nitrogens with zero attached hydrogens (tertiary/aromatic N) is 1. The number of halogens is 3. The average molecular weight is 395 g/mol. The first-order valence-corrected chi connectivity index (χ1v) is 10.4. The van der Waals surface area contributed by atoms with Crippen molar-refractivity contribution in [3.05, 3.63) is 75.6 Å². The molecule has 150 valence electrons. The van der Waals surface area contributed by atoms with E-state index in [4.69, 9.17) is 5.26 Å². The predicted octanol–water partition coefficient (Wildman–Crippen LogP) is 6.84. The second kappa shape index (κ2) is 8.06. The fraction of sp³-hybridized carbons (Fsp3) is 0.400. The van der Waals surface area contributed by atoms with Crippen molar-refractivity contribution in [3.8, 4) is 6.07 Å². The Hall–Kier alpha value is -2.54. The van der Waals surface area contributed by atoms with Crippen molar-refractivity contribution in [1.82, 2.24) is 0 Å². The third-order valence-electron chi connectivity index (χ3n) is 6.68. The standard InChI is InChI=1S/C25H24F3N/c1-2-15-3-5-16(6-4-15)20-12-22(26)24(23(27)13-20)18-9-10-21-17(11-18)7-8-19(14-29)25(21)28/h7-9,12-13,15-16H,2-6,10-11H2,1H3. The number of nitriles is 1. The first-order valence-electron chi connectivity index (χ1n) is 10.4. The van der Waals surface area contributed by atoms with E-state index in [0.29, 0.717) is 16.7 Å². The van der Waals surface area contributed by atoms with Crippen LogP contribution in [0.2, 0.25) is 0 Å². The van der Waals surface area contributed by atoms with Gasteiger partial charge in [0.2, 0.25) is 0 Å². The molecule has 1 nitrogen and oxygen atoms in total. The maximum Gasteiger partial charge on any atom is 0.144 e. The minimum Gasteiger partial charge on any atom is -0.206 e. The molecule has 0 amide bonds. The summed E-state index contributed by atoms with van der Waals surface area (Å²) in [7, 11) is 0. The van der Waals surface area contributed by atoms with Gasteiger partial charge in [0.25, 0.3) is 0 Å². The highest BCUT2D eigenvalue weighted by Crippen LogP contribution is 2.39. The molecule has 0 bridgehead atoms. The molecule has 0 unspecified atom stereocenters. The Labute approximate surface area is 169 Å². The zero-order chi connectivity index (χ0) is 20.5. The molecule has 2 aromatic carbocycles. The molecule has 0 heterocycles. The molecule has 0 spiro atoms. The van der Waals surface area contributed by atoms with Gasteiger partial charge in [-0.05, 0) is 90.8 Å². The van der Waals surface area contributed by atoms with Crippen LogP contribution in [0, 0.1) is 34.7 Å². The molecule has 1 saturated carbocycles. The van der Waals surface area contributed by atoms with Crippen molar-refractivity contribution in [1.29, 1.82) is 5.26 Å². The van der Waals surface area contributed by atoms with E-state index >= 15 is 0 Å². The topological polar surface area (TPSA) is 23.8 Å². The summed E-state index contributed by atoms with van der Waals surface area (Å²) in [5, 5.41) is 8.98. The molecule has 0 aliphatic heterocycles. The fourth-order valence-corrected chi connectivity index (χ4v) is 4.87. The van der Waals surface area contributed by atoms with Crippen molar-refractivity contribution in [2.75, 3.05) is 0 Å². The number of benzene rings is 2. The lowest BCUT2D eigenvalue weighted by molar-refractivity contribution is 0.318. The van der Waals surface area contributed by atoms with Crippen LogP contribution in [0.1, 0.15) is 72.8 Å². The molecule has 0 aromatic heterocycles. The van der Waals surface area contributed by atoms with E-state index in [1.807, 2.05) is 6.07 Å². The first kappa shape index (κ1) is 19.8. The molecule has 1 fully saturated rings. The Balaban J connectivity index is 1.60. The maximum atomic E-state index is 15.0. The third-order valence-corrected chi connectivity index (χ3v) is 6.68. The fourth-order valence-electron chi connectivity index (χ4n) is 4.87. The number of allylic oxidation sites excluding steroid dienone is 2. The molecule has 4 rings (SSSR count). The molecule has 2 aliphatic rings. The summed E-state index contributed by atoms with van der Waals surface area (Å²) < 4.78 is 44.3. The Kier molecular flexibility index (Phi) is 5.50. The van der Waals surface area contributed by atoms with Gasteiger partial charge >= 0.3 is 0 Å². The van der Waals surface area contributed by atoms with Gasteiger partial charge < -0.3 is 0 Å². The summed E-state index contributed by atoms with van der Waals surface area (Å²) in [5.74, 6) is -0.660. The molecule has 2 aromatic rings. The van der Waals surface area contributed by atoms with Crippen molar-refractivity contribution in [2.45, 2.75) is 57.8 Å². The van der Waals surface area contributed by atoms with Gasteiger partial charge in [-0.2, -0.15) is 5.26 Å². The third kappa shape index (κ3) is 3.71. The molecular weight excluding hydrogens is 371 g/mol. The molecule has 0 radical (unpaired) electrons. The molecule has 0 saturated heterocycles. The van der Waals surface area contributed by atoms with E-state index in [1.54, 1.807) is 12.1 Å². The van der Waals surface area contributed by atoms with E-state index in [2.05, 4.69) is 6.92 Å². The van der Waals surface area contributed by atoms with Gasteiger partial charge in [-0.3, -0.25) is 0 Å². The molecule has 2 aliphatic carbocycles. The summed E-state index contributed by atoms with van der Waals surface area (Å²) >= 11 is 0. The van der Waals surface area contributed by atoms with Crippen LogP contribution >= 0.6 is 0 Å². The van der Waals surface area contributed by atoms with Crippen LogP contribution in [-0.2, 0) is 12.8 Å². The zero-order valence-corrected chi connectivity index (χ0v) is 16.6. The second-order valence-electron chi connectivity index (χ2n) is 8.27. The lowest BCUT2D eigenvalue weighted by Crippen LogP contribution is -2.14. The Morgan fingerprint density at radius 3 is 2.34 bits per heavy atom. The lowest BCUT2D eigenvalue weighted by Gasteiger charge is -2.28. The van der Waals surface area contributed by atoms with Crippen LogP contribution in [-0.4, -0.2) is 0 Å². The molecular formula is C25H24F3N. The van der Waals surface area contributed by atoms with Crippen molar-refractivity contribution in [2.24, 2.45) is 5.92 Å². The van der Waals surface area contributed by atoms with Crippen LogP contribution in [0.5, 0.6) is 0 Å². The van der Waals surface area contributed by atoms with Gasteiger partial charge in [-0.15, -0.1) is 0 Å². The predicted molar refractivity (Wildman–Crippen MR) is 108 cm³/mol. The van der Waals surface area contributed by atoms with E-state index in [0.717, 1.165) is 37.2 Å². The number of fused-ring (bicyclic) bond motifs is 1. The Bertz CT molecular complexity index is 984. The van der Waals surface area contributed by atoms with Crippen LogP contribution in [0.4, 0.5) is 13.2 Å². The lowest BCUT2D eigenvalue weighted by atomic mass is 9.77. The zero-order valence-electron chi connectivity index (χ0n) is 16.6. The smallest absolute Gasteiger partial charge is 0.144 e. The van der Waals surface area contributed by atoms with Crippen molar-refractivity contribution < 1.29 is 13.2 Å². The largest absolute Gasteiger partial charge is 0.206 e. The van der Waals surface area contributed by atoms with Gasteiger partial charge in [-0.1, -0.05) is 25.5 Å². The normalized spacial score (nSPS) is 21.3. The van der Waals surface area contributed by atoms with E-state index in [-0.39, 0.29) is 29.9 Å². The monoisotopic (exact) mass is 395 g/mol. The van der Waals surface area contributed by atoms with Gasteiger partial charge in [0.1, 0.15) is 23.5 Å². The summed E-state index contributed by atoms with van der Waals surface area (Å²) in [5.41, 5.74) is 2.40. The quantitative estimate of drug-likeness (QED) is 0.558. The van der Waals surface area contributed by atoms with E-state index in [1.165, 1.54) is 24.6 Å². The molecule has 4 heteroatoms. The SMILES string of the molecule is CCC1CCC(c2cc(F)c(C3=CCc4c(ccc(C#N)c4F)C3)c(F)c2)CC1.